The molecule has 3 N–H and O–H groups in total. The maximum atomic E-state index is 11.6. The van der Waals surface area contributed by atoms with Gasteiger partial charge in [-0.1, -0.05) is 7.43 Å². The van der Waals surface area contributed by atoms with E-state index in [9.17, 15) is 49.5 Å². The molecule has 0 heterocycles. The first-order chi connectivity index (χ1) is 24.7. The van der Waals surface area contributed by atoms with Crippen molar-refractivity contribution in [1.82, 2.24) is 0 Å². The van der Waals surface area contributed by atoms with Gasteiger partial charge in [-0.15, -0.1) is 0 Å². The summed E-state index contributed by atoms with van der Waals surface area (Å²) >= 11 is 0. The number of aliphatic carboxylic acids is 2. The number of carboxylic acid groups (broad SMARTS) is 2. The van der Waals surface area contributed by atoms with Crippen LogP contribution in [0, 0.1) is 30.3 Å². The van der Waals surface area contributed by atoms with E-state index in [1.54, 1.807) is 0 Å². The number of benzene rings is 3. The number of non-ortho nitro benzene ring substituents is 3. The van der Waals surface area contributed by atoms with Crippen molar-refractivity contribution in [2.75, 3.05) is 52.9 Å². The van der Waals surface area contributed by atoms with Gasteiger partial charge in [0.15, 0.2) is 0 Å². The zero-order valence-corrected chi connectivity index (χ0v) is 26.8. The Labute approximate surface area is 299 Å². The Kier molecular flexibility index (Phi) is 22.9. The number of phenols is 1. The first-order valence-corrected chi connectivity index (χ1v) is 14.3. The molecular formula is C31H35N3O19. The van der Waals surface area contributed by atoms with Crippen molar-refractivity contribution in [2.24, 2.45) is 0 Å². The van der Waals surface area contributed by atoms with Crippen molar-refractivity contribution >= 4 is 40.9 Å². The summed E-state index contributed by atoms with van der Waals surface area (Å²) in [7, 11) is 0. The van der Waals surface area contributed by atoms with Crippen molar-refractivity contribution in [1.29, 1.82) is 0 Å². The van der Waals surface area contributed by atoms with Gasteiger partial charge in [0, 0.05) is 36.4 Å². The van der Waals surface area contributed by atoms with Crippen LogP contribution < -0.4 is 9.47 Å². The lowest BCUT2D eigenvalue weighted by molar-refractivity contribution is -0.385. The van der Waals surface area contributed by atoms with Crippen molar-refractivity contribution < 1.29 is 77.7 Å². The average Bonchev–Trinajstić information content (AvgIpc) is 3.09. The monoisotopic (exact) mass is 753 g/mol. The predicted molar refractivity (Wildman–Crippen MR) is 178 cm³/mol. The lowest BCUT2D eigenvalue weighted by Crippen LogP contribution is -2.20. The fourth-order valence-electron chi connectivity index (χ4n) is 3.03. The highest BCUT2D eigenvalue weighted by molar-refractivity contribution is 5.74. The second-order valence-electron chi connectivity index (χ2n) is 9.22. The van der Waals surface area contributed by atoms with Crippen molar-refractivity contribution in [3.05, 3.63) is 103 Å². The van der Waals surface area contributed by atoms with Gasteiger partial charge < -0.3 is 43.7 Å². The normalized spacial score (nSPS) is 9.74. The summed E-state index contributed by atoms with van der Waals surface area (Å²) in [6, 6.07) is 15.0. The first kappa shape index (κ1) is 46.4. The van der Waals surface area contributed by atoms with Crippen LogP contribution in [-0.4, -0.2) is 107 Å². The molecule has 0 aliphatic heterocycles. The van der Waals surface area contributed by atoms with E-state index in [0.29, 0.717) is 0 Å². The van der Waals surface area contributed by atoms with E-state index in [0.717, 1.165) is 0 Å². The van der Waals surface area contributed by atoms with Crippen LogP contribution in [0.3, 0.4) is 0 Å². The molecule has 0 atom stereocenters. The van der Waals surface area contributed by atoms with Crippen LogP contribution in [0.1, 0.15) is 7.43 Å². The minimum atomic E-state index is -1.06. The predicted octanol–water partition coefficient (Wildman–Crippen LogP) is 3.17. The SMILES string of the molecule is C.O=C(COCCOCC(=O)Oc1ccc([N+](=O)[O-])cc1)Oc1ccc([N+](=O)[O-])cc1.O=C(O)COCCOCC(=O)O.O=[N+]([O-])c1ccc(O)cc1. The van der Waals surface area contributed by atoms with Crippen LogP contribution in [0.5, 0.6) is 17.2 Å². The summed E-state index contributed by atoms with van der Waals surface area (Å²) in [6.45, 7) is -1.38. The Morgan fingerprint density at radius 1 is 0.491 bits per heavy atom. The van der Waals surface area contributed by atoms with Crippen molar-refractivity contribution in [3.8, 4) is 17.2 Å². The Morgan fingerprint density at radius 3 is 1.02 bits per heavy atom. The molecule has 0 aliphatic rings. The number of ether oxygens (including phenoxy) is 6. The summed E-state index contributed by atoms with van der Waals surface area (Å²) in [5.41, 5.74) is -0.275. The number of esters is 2. The van der Waals surface area contributed by atoms with Crippen molar-refractivity contribution in [3.63, 3.8) is 0 Å². The number of phenolic OH excluding ortho intramolecular Hbond substituents is 1. The highest BCUT2D eigenvalue weighted by Gasteiger charge is 2.10. The van der Waals surface area contributed by atoms with Gasteiger partial charge in [-0.3, -0.25) is 30.3 Å². The van der Waals surface area contributed by atoms with Crippen molar-refractivity contribution in [2.45, 2.75) is 7.43 Å². The van der Waals surface area contributed by atoms with Crippen LogP contribution in [0.4, 0.5) is 17.1 Å². The number of aromatic hydroxyl groups is 1. The molecular weight excluding hydrogens is 718 g/mol. The smallest absolute Gasteiger partial charge is 0.337 e. The fourth-order valence-corrected chi connectivity index (χ4v) is 3.03. The first-order valence-electron chi connectivity index (χ1n) is 14.3. The van der Waals surface area contributed by atoms with Gasteiger partial charge in [-0.05, 0) is 36.4 Å². The fraction of sp³-hybridized carbons (Fsp3) is 0.290. The Hall–Kier alpha value is -6.62. The van der Waals surface area contributed by atoms with Crippen LogP contribution >= 0.6 is 0 Å². The third kappa shape index (κ3) is 22.7. The molecule has 0 spiro atoms. The molecule has 0 aromatic heterocycles. The van der Waals surface area contributed by atoms with E-state index < -0.39 is 51.9 Å². The summed E-state index contributed by atoms with van der Waals surface area (Å²) < 4.78 is 29.1. The number of nitro benzene ring substituents is 3. The number of carbonyl (C=O) groups is 4. The molecule has 53 heavy (non-hydrogen) atoms. The quantitative estimate of drug-likeness (QED) is 0.0520. The number of rotatable bonds is 19. The van der Waals surface area contributed by atoms with Gasteiger partial charge in [0.1, 0.15) is 43.7 Å². The lowest BCUT2D eigenvalue weighted by atomic mass is 10.3. The molecule has 0 bridgehead atoms. The zero-order chi connectivity index (χ0) is 38.9. The van der Waals surface area contributed by atoms with Crippen LogP contribution in [-0.2, 0) is 38.1 Å². The maximum absolute atomic E-state index is 11.6. The van der Waals surface area contributed by atoms with Gasteiger partial charge in [0.05, 0.1) is 41.2 Å². The topological polar surface area (TPSA) is 314 Å². The van der Waals surface area contributed by atoms with Gasteiger partial charge in [-0.2, -0.15) is 0 Å². The Balaban J connectivity index is 0.000000961. The van der Waals surface area contributed by atoms with E-state index in [-0.39, 0.29) is 81.4 Å². The number of nitrogens with zero attached hydrogens (tertiary/aromatic N) is 3. The minimum absolute atomic E-state index is 0. The second kappa shape index (κ2) is 26.2. The molecule has 0 amide bonds. The molecule has 0 saturated carbocycles. The molecule has 3 aromatic carbocycles. The molecule has 0 unspecified atom stereocenters. The van der Waals surface area contributed by atoms with Crippen LogP contribution in [0.25, 0.3) is 0 Å². The third-order valence-electron chi connectivity index (χ3n) is 5.25. The lowest BCUT2D eigenvalue weighted by Gasteiger charge is -2.07. The van der Waals surface area contributed by atoms with Gasteiger partial charge in [-0.25, -0.2) is 19.2 Å². The van der Waals surface area contributed by atoms with E-state index in [1.807, 2.05) is 0 Å². The van der Waals surface area contributed by atoms with Gasteiger partial charge >= 0.3 is 23.9 Å². The van der Waals surface area contributed by atoms with Gasteiger partial charge in [0.2, 0.25) is 0 Å². The number of carbonyl (C=O) groups excluding carboxylic acids is 2. The van der Waals surface area contributed by atoms with E-state index in [4.69, 9.17) is 34.3 Å². The summed E-state index contributed by atoms with van der Waals surface area (Å²) in [5.74, 6) is -3.23. The maximum Gasteiger partial charge on any atom is 0.337 e. The number of nitro groups is 3. The highest BCUT2D eigenvalue weighted by atomic mass is 16.6. The highest BCUT2D eigenvalue weighted by Crippen LogP contribution is 2.18. The third-order valence-corrected chi connectivity index (χ3v) is 5.25. The van der Waals surface area contributed by atoms with E-state index >= 15 is 0 Å². The van der Waals surface area contributed by atoms with Crippen LogP contribution in [0.15, 0.2) is 72.8 Å². The largest absolute Gasteiger partial charge is 0.508 e. The Morgan fingerprint density at radius 2 is 0.755 bits per heavy atom. The molecule has 22 heteroatoms. The average molecular weight is 754 g/mol. The van der Waals surface area contributed by atoms with Gasteiger partial charge in [0.25, 0.3) is 17.1 Å². The molecule has 0 fully saturated rings. The summed E-state index contributed by atoms with van der Waals surface area (Å²) in [5, 5.41) is 56.0. The molecule has 0 aliphatic carbocycles. The second-order valence-corrected chi connectivity index (χ2v) is 9.22. The zero-order valence-electron chi connectivity index (χ0n) is 26.8. The molecule has 288 valence electrons. The van der Waals surface area contributed by atoms with Crippen LogP contribution in [0.2, 0.25) is 0 Å². The molecule has 0 radical (unpaired) electrons. The summed E-state index contributed by atoms with van der Waals surface area (Å²) in [6.07, 6.45) is 0. The molecule has 3 aromatic rings. The minimum Gasteiger partial charge on any atom is -0.508 e. The Bertz CT molecular complexity index is 1520. The number of hydrogen-bond acceptors (Lipinski definition) is 17. The number of hydrogen-bond donors (Lipinski definition) is 3. The van der Waals surface area contributed by atoms with E-state index in [2.05, 4.69) is 9.47 Å². The molecule has 3 rings (SSSR count). The standard InChI is InChI=1S/C18H16N2O10.C6H5NO3.C6H10O6.CH4/c21-17(29-15-5-1-13(2-6-15)19(23)24)11-27-9-10-28-12-18(22)30-16-7-3-14(4-8-16)20(25)26;8-6-3-1-5(2-4-6)7(9)10;7-5(8)3-11-1-2-12-4-6(9)10;/h1-8H,9-12H2;1-4,8H;1-4H2,(H,7,8)(H,9,10);1H4. The molecule has 0 saturated heterocycles. The number of carboxylic acids is 2. The summed E-state index contributed by atoms with van der Waals surface area (Å²) in [4.78, 5) is 72.4. The molecule has 22 nitrogen and oxygen atoms in total. The van der Waals surface area contributed by atoms with E-state index in [1.165, 1.54) is 72.8 Å².